The lowest BCUT2D eigenvalue weighted by Gasteiger charge is -2.04. The van der Waals surface area contributed by atoms with Crippen LogP contribution in [0.4, 0.5) is 5.69 Å². The largest absolute Gasteiger partial charge is 0.378 e. The van der Waals surface area contributed by atoms with Crippen molar-refractivity contribution in [2.45, 2.75) is 26.9 Å². The summed E-state index contributed by atoms with van der Waals surface area (Å²) >= 11 is 0. The molecule has 2 rings (SSSR count). The molecule has 0 bridgehead atoms. The molecule has 0 fully saturated rings. The molecule has 0 saturated heterocycles. The second-order valence-corrected chi connectivity index (χ2v) is 3.93. The summed E-state index contributed by atoms with van der Waals surface area (Å²) < 4.78 is 1.92. The van der Waals surface area contributed by atoms with Crippen molar-refractivity contribution >= 4 is 5.69 Å². The lowest BCUT2D eigenvalue weighted by Crippen LogP contribution is -1.98. The van der Waals surface area contributed by atoms with Crippen LogP contribution in [-0.2, 0) is 13.1 Å². The number of nitrogens with one attached hydrogen (secondary N) is 1. The third-order valence-corrected chi connectivity index (χ3v) is 2.54. The zero-order valence-electron chi connectivity index (χ0n) is 9.77. The number of nitrogens with zero attached hydrogens (tertiary/aromatic N) is 2. The zero-order chi connectivity index (χ0) is 11.4. The third-order valence-electron chi connectivity index (χ3n) is 2.54. The van der Waals surface area contributed by atoms with Gasteiger partial charge in [-0.1, -0.05) is 29.8 Å². The van der Waals surface area contributed by atoms with E-state index >= 15 is 0 Å². The van der Waals surface area contributed by atoms with Crippen LogP contribution in [0, 0.1) is 6.92 Å². The van der Waals surface area contributed by atoms with Crippen LogP contribution in [0.5, 0.6) is 0 Å². The van der Waals surface area contributed by atoms with Crippen LogP contribution in [0.2, 0.25) is 0 Å². The van der Waals surface area contributed by atoms with Crippen LogP contribution in [-0.4, -0.2) is 9.78 Å². The number of anilines is 1. The Kier molecular flexibility index (Phi) is 3.25. The van der Waals surface area contributed by atoms with Gasteiger partial charge in [-0.25, -0.2) is 0 Å². The minimum atomic E-state index is 0.844. The monoisotopic (exact) mass is 215 g/mol. The maximum Gasteiger partial charge on any atom is 0.0729 e. The van der Waals surface area contributed by atoms with Crippen LogP contribution >= 0.6 is 0 Å². The Morgan fingerprint density at radius 3 is 2.94 bits per heavy atom. The molecule has 0 aliphatic carbocycles. The van der Waals surface area contributed by atoms with Gasteiger partial charge in [-0.05, 0) is 19.4 Å². The zero-order valence-corrected chi connectivity index (χ0v) is 9.77. The van der Waals surface area contributed by atoms with Crippen molar-refractivity contribution < 1.29 is 0 Å². The van der Waals surface area contributed by atoms with E-state index in [0.717, 1.165) is 18.8 Å². The maximum absolute atomic E-state index is 4.22. The Morgan fingerprint density at radius 2 is 2.25 bits per heavy atom. The molecule has 0 spiro atoms. The van der Waals surface area contributed by atoms with Crippen LogP contribution < -0.4 is 5.32 Å². The molecular formula is C13H17N3. The maximum atomic E-state index is 4.22. The molecule has 3 nitrogen and oxygen atoms in total. The summed E-state index contributed by atoms with van der Waals surface area (Å²) in [7, 11) is 0. The van der Waals surface area contributed by atoms with Gasteiger partial charge in [0.25, 0.3) is 0 Å². The molecule has 0 amide bonds. The van der Waals surface area contributed by atoms with E-state index in [9.17, 15) is 0 Å². The number of rotatable bonds is 4. The topological polar surface area (TPSA) is 29.9 Å². The van der Waals surface area contributed by atoms with Crippen LogP contribution in [0.15, 0.2) is 36.7 Å². The SMILES string of the molecule is CCn1cc(NCc2cccc(C)c2)cn1. The molecule has 1 N–H and O–H groups in total. The predicted octanol–water partition coefficient (Wildman–Crippen LogP) is 2.82. The van der Waals surface area contributed by atoms with Crippen molar-refractivity contribution in [3.05, 3.63) is 47.8 Å². The Balaban J connectivity index is 1.96. The summed E-state index contributed by atoms with van der Waals surface area (Å²) in [6.07, 6.45) is 3.88. The van der Waals surface area contributed by atoms with Gasteiger partial charge in [0, 0.05) is 19.3 Å². The van der Waals surface area contributed by atoms with Crippen LogP contribution in [0.3, 0.4) is 0 Å². The van der Waals surface area contributed by atoms with Crippen molar-refractivity contribution in [3.63, 3.8) is 0 Å². The van der Waals surface area contributed by atoms with Gasteiger partial charge in [-0.2, -0.15) is 5.10 Å². The fourth-order valence-corrected chi connectivity index (χ4v) is 1.65. The molecule has 0 aliphatic heterocycles. The van der Waals surface area contributed by atoms with Gasteiger partial charge in [0.1, 0.15) is 0 Å². The van der Waals surface area contributed by atoms with E-state index in [1.165, 1.54) is 11.1 Å². The highest BCUT2D eigenvalue weighted by Crippen LogP contribution is 2.09. The predicted molar refractivity (Wildman–Crippen MR) is 66.4 cm³/mol. The Labute approximate surface area is 96.1 Å². The van der Waals surface area contributed by atoms with Crippen molar-refractivity contribution in [1.82, 2.24) is 9.78 Å². The molecule has 2 aromatic rings. The fourth-order valence-electron chi connectivity index (χ4n) is 1.65. The van der Waals surface area contributed by atoms with E-state index < -0.39 is 0 Å². The summed E-state index contributed by atoms with van der Waals surface area (Å²) in [5, 5.41) is 7.58. The molecule has 0 atom stereocenters. The summed E-state index contributed by atoms with van der Waals surface area (Å²) in [5.74, 6) is 0. The van der Waals surface area contributed by atoms with E-state index in [1.54, 1.807) is 0 Å². The molecule has 1 aromatic heterocycles. The lowest BCUT2D eigenvalue weighted by atomic mass is 10.1. The summed E-state index contributed by atoms with van der Waals surface area (Å²) in [6, 6.07) is 8.52. The van der Waals surface area contributed by atoms with Gasteiger partial charge in [0.2, 0.25) is 0 Å². The fraction of sp³-hybridized carbons (Fsp3) is 0.308. The molecule has 84 valence electrons. The minimum Gasteiger partial charge on any atom is -0.378 e. The first kappa shape index (κ1) is 10.7. The Bertz CT molecular complexity index is 460. The standard InChI is InChI=1S/C13H17N3/c1-3-16-10-13(9-15-16)14-8-12-6-4-5-11(2)7-12/h4-7,9-10,14H,3,8H2,1-2H3. The highest BCUT2D eigenvalue weighted by atomic mass is 15.3. The van der Waals surface area contributed by atoms with E-state index in [2.05, 4.69) is 48.5 Å². The molecular weight excluding hydrogens is 198 g/mol. The van der Waals surface area contributed by atoms with Gasteiger partial charge < -0.3 is 5.32 Å². The molecule has 1 heterocycles. The van der Waals surface area contributed by atoms with Gasteiger partial charge in [-0.3, -0.25) is 4.68 Å². The van der Waals surface area contributed by atoms with Gasteiger partial charge >= 0.3 is 0 Å². The third kappa shape index (κ3) is 2.63. The number of hydrogen-bond acceptors (Lipinski definition) is 2. The van der Waals surface area contributed by atoms with E-state index in [4.69, 9.17) is 0 Å². The van der Waals surface area contributed by atoms with E-state index in [1.807, 2.05) is 17.1 Å². The number of hydrogen-bond donors (Lipinski definition) is 1. The first-order chi connectivity index (χ1) is 7.78. The smallest absolute Gasteiger partial charge is 0.0729 e. The molecule has 3 heteroatoms. The Hall–Kier alpha value is -1.77. The normalized spacial score (nSPS) is 10.4. The number of aromatic nitrogens is 2. The van der Waals surface area contributed by atoms with Crippen molar-refractivity contribution in [2.75, 3.05) is 5.32 Å². The van der Waals surface area contributed by atoms with Crippen molar-refractivity contribution in [3.8, 4) is 0 Å². The minimum absolute atomic E-state index is 0.844. The first-order valence-corrected chi connectivity index (χ1v) is 5.60. The van der Waals surface area contributed by atoms with Gasteiger partial charge in [-0.15, -0.1) is 0 Å². The number of benzene rings is 1. The highest BCUT2D eigenvalue weighted by Gasteiger charge is 1.97. The van der Waals surface area contributed by atoms with Crippen LogP contribution in [0.25, 0.3) is 0 Å². The first-order valence-electron chi connectivity index (χ1n) is 5.60. The summed E-state index contributed by atoms with van der Waals surface area (Å²) in [5.41, 5.74) is 3.66. The van der Waals surface area contributed by atoms with Crippen molar-refractivity contribution in [1.29, 1.82) is 0 Å². The molecule has 16 heavy (non-hydrogen) atoms. The average Bonchev–Trinajstić information content (AvgIpc) is 2.74. The van der Waals surface area contributed by atoms with E-state index in [0.29, 0.717) is 0 Å². The molecule has 0 aliphatic rings. The van der Waals surface area contributed by atoms with Gasteiger partial charge in [0.05, 0.1) is 11.9 Å². The van der Waals surface area contributed by atoms with Crippen molar-refractivity contribution in [2.24, 2.45) is 0 Å². The van der Waals surface area contributed by atoms with Crippen LogP contribution in [0.1, 0.15) is 18.1 Å². The summed E-state index contributed by atoms with van der Waals surface area (Å²) in [4.78, 5) is 0. The lowest BCUT2D eigenvalue weighted by molar-refractivity contribution is 0.660. The molecule has 0 saturated carbocycles. The number of aryl methyl sites for hydroxylation is 2. The summed E-state index contributed by atoms with van der Waals surface area (Å²) in [6.45, 7) is 5.94. The molecule has 0 unspecified atom stereocenters. The quantitative estimate of drug-likeness (QED) is 0.850. The average molecular weight is 215 g/mol. The second kappa shape index (κ2) is 4.84. The van der Waals surface area contributed by atoms with E-state index in [-0.39, 0.29) is 0 Å². The molecule has 0 radical (unpaired) electrons. The second-order valence-electron chi connectivity index (χ2n) is 3.93. The van der Waals surface area contributed by atoms with Gasteiger partial charge in [0.15, 0.2) is 0 Å². The highest BCUT2D eigenvalue weighted by molar-refractivity contribution is 5.39. The molecule has 1 aromatic carbocycles. The Morgan fingerprint density at radius 1 is 1.38 bits per heavy atom.